The lowest BCUT2D eigenvalue weighted by Crippen LogP contribution is -2.62. The summed E-state index contributed by atoms with van der Waals surface area (Å²) in [5, 5.41) is 0.554. The van der Waals surface area contributed by atoms with Crippen LogP contribution < -0.4 is 4.90 Å². The highest BCUT2D eigenvalue weighted by Crippen LogP contribution is 2.52. The van der Waals surface area contributed by atoms with Crippen molar-refractivity contribution >= 4 is 45.0 Å². The van der Waals surface area contributed by atoms with E-state index in [1.54, 1.807) is 17.0 Å². The average molecular weight is 624 g/mol. The predicted molar refractivity (Wildman–Crippen MR) is 160 cm³/mol. The lowest BCUT2D eigenvalue weighted by molar-refractivity contribution is -0.202. The molecule has 5 rings (SSSR count). The molecular weight excluding hydrogens is 592 g/mol. The largest absolute Gasteiger partial charge is 0.463 e. The van der Waals surface area contributed by atoms with Crippen LogP contribution in [0.3, 0.4) is 0 Å². The van der Waals surface area contributed by atoms with E-state index in [0.29, 0.717) is 52.6 Å². The molecule has 0 fully saturated rings. The molecule has 2 atom stereocenters. The summed E-state index contributed by atoms with van der Waals surface area (Å²) in [6.45, 7) is 6.33. The Hall–Kier alpha value is -3.13. The van der Waals surface area contributed by atoms with Crippen LogP contribution in [0.15, 0.2) is 88.6 Å². The van der Waals surface area contributed by atoms with Crippen LogP contribution in [-0.4, -0.2) is 29.5 Å². The summed E-state index contributed by atoms with van der Waals surface area (Å²) in [6.07, 6.45) is 0.616. The number of carbonyl (C=O) groups is 2. The molecule has 2 heterocycles. The number of benzene rings is 3. The van der Waals surface area contributed by atoms with Crippen molar-refractivity contribution in [1.29, 1.82) is 0 Å². The number of nitrogens with zero attached hydrogens (tertiary/aromatic N) is 2. The minimum Gasteiger partial charge on any atom is -0.463 e. The lowest BCUT2D eigenvalue weighted by atomic mass is 9.88. The second-order valence-electron chi connectivity index (χ2n) is 9.81. The maximum absolute atomic E-state index is 14.6. The first kappa shape index (κ1) is 28.4. The van der Waals surface area contributed by atoms with Crippen molar-refractivity contribution < 1.29 is 19.1 Å². The van der Waals surface area contributed by atoms with Gasteiger partial charge in [0.15, 0.2) is 0 Å². The SMILES string of the molecule is CCCC1=C(CC)C(=O)N2C(OCC)C(=O)N(Cc3ccccc3)c3ccc(Br)cc3C2(c2ccc(Cl)cc2)O1. The second kappa shape index (κ2) is 11.8. The summed E-state index contributed by atoms with van der Waals surface area (Å²) in [5.41, 5.74) is 2.00. The highest BCUT2D eigenvalue weighted by Gasteiger charge is 2.59. The molecule has 0 spiro atoms. The van der Waals surface area contributed by atoms with E-state index < -0.39 is 12.0 Å². The molecule has 3 aromatic rings. The van der Waals surface area contributed by atoms with E-state index in [1.165, 1.54) is 4.90 Å². The molecule has 0 N–H and O–H groups in total. The van der Waals surface area contributed by atoms with E-state index >= 15 is 0 Å². The van der Waals surface area contributed by atoms with Gasteiger partial charge in [-0.15, -0.1) is 0 Å². The number of halogens is 2. The number of amides is 2. The second-order valence-corrected chi connectivity index (χ2v) is 11.2. The third kappa shape index (κ3) is 4.84. The van der Waals surface area contributed by atoms with Crippen molar-refractivity contribution in [2.45, 2.75) is 58.5 Å². The Balaban J connectivity index is 1.87. The van der Waals surface area contributed by atoms with Crippen molar-refractivity contribution in [3.8, 4) is 0 Å². The molecule has 2 unspecified atom stereocenters. The van der Waals surface area contributed by atoms with Gasteiger partial charge in [-0.1, -0.05) is 83.8 Å². The predicted octanol–water partition coefficient (Wildman–Crippen LogP) is 7.54. The van der Waals surface area contributed by atoms with E-state index in [9.17, 15) is 9.59 Å². The fourth-order valence-corrected chi connectivity index (χ4v) is 6.06. The van der Waals surface area contributed by atoms with E-state index in [4.69, 9.17) is 21.1 Å². The molecule has 2 amide bonds. The fraction of sp³-hybridized carbons (Fsp3) is 0.312. The quantitative estimate of drug-likeness (QED) is 0.260. The maximum atomic E-state index is 14.6. The molecule has 208 valence electrons. The zero-order valence-corrected chi connectivity index (χ0v) is 25.2. The number of carbonyl (C=O) groups excluding carboxylic acids is 2. The molecule has 0 saturated heterocycles. The maximum Gasteiger partial charge on any atom is 0.277 e. The Labute approximate surface area is 248 Å². The third-order valence-electron chi connectivity index (χ3n) is 7.32. The smallest absolute Gasteiger partial charge is 0.277 e. The van der Waals surface area contributed by atoms with E-state index in [-0.39, 0.29) is 18.4 Å². The summed E-state index contributed by atoms with van der Waals surface area (Å²) in [4.78, 5) is 32.3. The van der Waals surface area contributed by atoms with Crippen LogP contribution in [0.5, 0.6) is 0 Å². The monoisotopic (exact) mass is 622 g/mol. The highest BCUT2D eigenvalue weighted by atomic mass is 79.9. The number of fused-ring (bicyclic) bond motifs is 3. The number of hydrogen-bond acceptors (Lipinski definition) is 4. The number of hydrogen-bond donors (Lipinski definition) is 0. The van der Waals surface area contributed by atoms with Gasteiger partial charge in [0.05, 0.1) is 17.8 Å². The Kier molecular flexibility index (Phi) is 8.36. The summed E-state index contributed by atoms with van der Waals surface area (Å²) in [7, 11) is 0. The standard InChI is InChI=1S/C32H32BrClN2O4/c1-4-10-28-25(5-2)29(37)36-31(39-6-3)30(38)35(20-21-11-8-7-9-12-21)27-18-15-23(33)19-26(27)32(36,40-28)22-13-16-24(34)17-14-22/h7-9,11-19,31H,4-6,10,20H2,1-3H3. The number of rotatable bonds is 8. The molecule has 0 radical (unpaired) electrons. The van der Waals surface area contributed by atoms with Gasteiger partial charge in [0.2, 0.25) is 12.0 Å². The van der Waals surface area contributed by atoms with Crippen LogP contribution in [0.1, 0.15) is 56.7 Å². The van der Waals surface area contributed by atoms with E-state index in [2.05, 4.69) is 22.9 Å². The molecular formula is C32H32BrClN2O4. The van der Waals surface area contributed by atoms with Gasteiger partial charge in [-0.25, -0.2) is 0 Å². The van der Waals surface area contributed by atoms with E-state index in [0.717, 1.165) is 16.5 Å². The molecule has 0 aromatic heterocycles. The first-order valence-corrected chi connectivity index (χ1v) is 14.8. The molecule has 0 aliphatic carbocycles. The topological polar surface area (TPSA) is 59.1 Å². The average Bonchev–Trinajstić information content (AvgIpc) is 3.03. The molecule has 8 heteroatoms. The van der Waals surface area contributed by atoms with Crippen molar-refractivity contribution in [3.63, 3.8) is 0 Å². The summed E-state index contributed by atoms with van der Waals surface area (Å²) in [6, 6.07) is 22.8. The van der Waals surface area contributed by atoms with Gasteiger partial charge < -0.3 is 14.4 Å². The van der Waals surface area contributed by atoms with Crippen LogP contribution in [-0.2, 0) is 31.3 Å². The normalized spacial score (nSPS) is 20.7. The van der Waals surface area contributed by atoms with Gasteiger partial charge in [0.25, 0.3) is 11.8 Å². The zero-order chi connectivity index (χ0) is 28.4. The first-order valence-electron chi connectivity index (χ1n) is 13.6. The van der Waals surface area contributed by atoms with Gasteiger partial charge in [-0.05, 0) is 55.7 Å². The van der Waals surface area contributed by atoms with Crippen LogP contribution in [0, 0.1) is 0 Å². The molecule has 40 heavy (non-hydrogen) atoms. The lowest BCUT2D eigenvalue weighted by Gasteiger charge is -2.49. The molecule has 2 aliphatic rings. The van der Waals surface area contributed by atoms with Crippen molar-refractivity contribution in [2.24, 2.45) is 0 Å². The summed E-state index contributed by atoms with van der Waals surface area (Å²) in [5.74, 6) is 0.0224. The van der Waals surface area contributed by atoms with Gasteiger partial charge >= 0.3 is 0 Å². The van der Waals surface area contributed by atoms with E-state index in [1.807, 2.05) is 74.5 Å². The Bertz CT molecular complexity index is 1440. The van der Waals surface area contributed by atoms with Crippen LogP contribution >= 0.6 is 27.5 Å². The van der Waals surface area contributed by atoms with Crippen molar-refractivity contribution in [3.05, 3.63) is 110 Å². The van der Waals surface area contributed by atoms with Crippen LogP contribution in [0.4, 0.5) is 5.69 Å². The minimum atomic E-state index is -1.48. The number of ether oxygens (including phenoxy) is 2. The van der Waals surface area contributed by atoms with Crippen molar-refractivity contribution in [1.82, 2.24) is 4.90 Å². The van der Waals surface area contributed by atoms with Gasteiger partial charge in [-0.2, -0.15) is 0 Å². The van der Waals surface area contributed by atoms with Crippen molar-refractivity contribution in [2.75, 3.05) is 11.5 Å². The third-order valence-corrected chi connectivity index (χ3v) is 8.07. The number of allylic oxidation sites excluding steroid dienone is 1. The van der Waals surface area contributed by atoms with Gasteiger partial charge in [-0.3, -0.25) is 14.5 Å². The summed E-state index contributed by atoms with van der Waals surface area (Å²) >= 11 is 9.97. The molecule has 3 aromatic carbocycles. The van der Waals surface area contributed by atoms with Gasteiger partial charge in [0, 0.05) is 33.6 Å². The molecule has 2 aliphatic heterocycles. The Morgan fingerprint density at radius 1 is 1.00 bits per heavy atom. The first-order chi connectivity index (χ1) is 19.3. The molecule has 0 bridgehead atoms. The highest BCUT2D eigenvalue weighted by molar-refractivity contribution is 9.10. The van der Waals surface area contributed by atoms with Crippen LogP contribution in [0.25, 0.3) is 0 Å². The summed E-state index contributed by atoms with van der Waals surface area (Å²) < 4.78 is 14.0. The number of anilines is 1. The molecule has 0 saturated carbocycles. The fourth-order valence-electron chi connectivity index (χ4n) is 5.57. The minimum absolute atomic E-state index is 0.225. The Morgan fingerprint density at radius 3 is 2.38 bits per heavy atom. The Morgan fingerprint density at radius 2 is 1.73 bits per heavy atom. The van der Waals surface area contributed by atoms with Crippen LogP contribution in [0.2, 0.25) is 5.02 Å². The van der Waals surface area contributed by atoms with Gasteiger partial charge in [0.1, 0.15) is 5.76 Å². The zero-order valence-electron chi connectivity index (χ0n) is 22.8. The molecule has 6 nitrogen and oxygen atoms in total.